The zero-order chi connectivity index (χ0) is 21.7. The molecule has 1 aliphatic rings. The molecule has 1 aromatic heterocycles. The van der Waals surface area contributed by atoms with Crippen LogP contribution in [0, 0.1) is 5.92 Å². The van der Waals surface area contributed by atoms with Crippen LogP contribution in [0.25, 0.3) is 0 Å². The van der Waals surface area contributed by atoms with Crippen LogP contribution >= 0.6 is 11.6 Å². The van der Waals surface area contributed by atoms with E-state index in [1.54, 1.807) is 10.9 Å². The number of hydrogen-bond donors (Lipinski definition) is 1. The first-order valence-electron chi connectivity index (χ1n) is 10.8. The Morgan fingerprint density at radius 3 is 2.30 bits per heavy atom. The maximum atomic E-state index is 13.6. The fourth-order valence-corrected chi connectivity index (χ4v) is 4.47. The normalized spacial score (nSPS) is 15.3. The van der Waals surface area contributed by atoms with Crippen molar-refractivity contribution in [2.45, 2.75) is 58.4 Å². The largest absolute Gasteiger partial charge is 0.342 e. The second-order valence-electron chi connectivity index (χ2n) is 7.94. The zero-order valence-corrected chi connectivity index (χ0v) is 18.8. The van der Waals surface area contributed by atoms with E-state index in [-0.39, 0.29) is 17.7 Å². The molecule has 1 fully saturated rings. The van der Waals surface area contributed by atoms with Gasteiger partial charge in [-0.25, -0.2) is 0 Å². The Bertz CT molecular complexity index is 866. The molecule has 2 amide bonds. The maximum absolute atomic E-state index is 13.6. The molecule has 1 aromatic carbocycles. The number of rotatable bonds is 7. The van der Waals surface area contributed by atoms with E-state index >= 15 is 0 Å². The van der Waals surface area contributed by atoms with Gasteiger partial charge in [-0.05, 0) is 50.3 Å². The van der Waals surface area contributed by atoms with Gasteiger partial charge in [-0.2, -0.15) is 5.10 Å². The molecular formula is C23H31ClN4O2. The highest BCUT2D eigenvalue weighted by Gasteiger charge is 2.41. The molecule has 1 saturated heterocycles. The van der Waals surface area contributed by atoms with Crippen molar-refractivity contribution in [1.29, 1.82) is 0 Å². The Hall–Kier alpha value is -2.34. The number of amides is 2. The van der Waals surface area contributed by atoms with Crippen LogP contribution in [-0.4, -0.2) is 39.6 Å². The van der Waals surface area contributed by atoms with Crippen molar-refractivity contribution >= 4 is 29.1 Å². The number of nitrogens with zero attached hydrogens (tertiary/aromatic N) is 3. The first kappa shape index (κ1) is 22.3. The number of halogens is 1. The van der Waals surface area contributed by atoms with Gasteiger partial charge in [-0.3, -0.25) is 14.3 Å². The molecule has 3 rings (SSSR count). The van der Waals surface area contributed by atoms with Gasteiger partial charge >= 0.3 is 0 Å². The van der Waals surface area contributed by atoms with Crippen LogP contribution in [0.4, 0.5) is 5.69 Å². The highest BCUT2D eigenvalue weighted by molar-refractivity contribution is 6.30. The molecular weight excluding hydrogens is 400 g/mol. The van der Waals surface area contributed by atoms with E-state index in [0.29, 0.717) is 31.0 Å². The van der Waals surface area contributed by atoms with Crippen LogP contribution in [0.5, 0.6) is 0 Å². The summed E-state index contributed by atoms with van der Waals surface area (Å²) in [5, 5.41) is 7.81. The molecule has 1 aliphatic heterocycles. The van der Waals surface area contributed by atoms with Crippen LogP contribution in [0.3, 0.4) is 0 Å². The molecule has 2 aromatic rings. The van der Waals surface area contributed by atoms with Crippen LogP contribution in [-0.2, 0) is 21.5 Å². The maximum Gasteiger partial charge on any atom is 0.233 e. The van der Waals surface area contributed by atoms with Crippen molar-refractivity contribution in [2.24, 2.45) is 5.92 Å². The minimum absolute atomic E-state index is 0.00713. The zero-order valence-electron chi connectivity index (χ0n) is 18.0. The summed E-state index contributed by atoms with van der Waals surface area (Å²) in [4.78, 5) is 28.1. The Balaban J connectivity index is 1.64. The molecule has 30 heavy (non-hydrogen) atoms. The standard InChI is InChI=1S/C23H31ClN4O2/c1-4-23(5-2,18-7-9-19(24)10-8-18)22(30)27-13-11-17(12-14-27)21(29)26-20-15-25-28(6-3)16-20/h7-10,15-17H,4-6,11-14H2,1-3H3,(H,26,29). The number of carbonyl (C=O) groups is 2. The number of benzene rings is 1. The number of piperidine rings is 1. The third-order valence-corrected chi connectivity index (χ3v) is 6.64. The highest BCUT2D eigenvalue weighted by atomic mass is 35.5. The summed E-state index contributed by atoms with van der Waals surface area (Å²) in [6.07, 6.45) is 6.30. The quantitative estimate of drug-likeness (QED) is 0.703. The average Bonchev–Trinajstić information content (AvgIpc) is 3.23. The predicted octanol–water partition coefficient (Wildman–Crippen LogP) is 4.49. The molecule has 162 valence electrons. The second kappa shape index (κ2) is 9.65. The Morgan fingerprint density at radius 2 is 1.77 bits per heavy atom. The third kappa shape index (κ3) is 4.53. The van der Waals surface area contributed by atoms with Gasteiger partial charge < -0.3 is 10.2 Å². The summed E-state index contributed by atoms with van der Waals surface area (Å²) in [6.45, 7) is 8.09. The number of carbonyl (C=O) groups excluding carboxylic acids is 2. The SMILES string of the molecule is CCn1cc(NC(=O)C2CCN(C(=O)C(CC)(CC)c3ccc(Cl)cc3)CC2)cn1. The Labute approximate surface area is 183 Å². The third-order valence-electron chi connectivity index (χ3n) is 6.39. The molecule has 6 nitrogen and oxygen atoms in total. The van der Waals surface area contributed by atoms with Crippen LogP contribution in [0.15, 0.2) is 36.7 Å². The summed E-state index contributed by atoms with van der Waals surface area (Å²) in [5.41, 5.74) is 1.18. The molecule has 0 atom stereocenters. The van der Waals surface area contributed by atoms with Gasteiger partial charge in [0, 0.05) is 36.8 Å². The van der Waals surface area contributed by atoms with Crippen molar-refractivity contribution in [1.82, 2.24) is 14.7 Å². The minimum atomic E-state index is -0.547. The van der Waals surface area contributed by atoms with Gasteiger partial charge in [0.1, 0.15) is 0 Å². The molecule has 0 unspecified atom stereocenters. The molecule has 0 spiro atoms. The lowest BCUT2D eigenvalue weighted by molar-refractivity contribution is -0.140. The summed E-state index contributed by atoms with van der Waals surface area (Å²) >= 11 is 6.05. The molecule has 0 aliphatic carbocycles. The van der Waals surface area contributed by atoms with Crippen molar-refractivity contribution in [3.63, 3.8) is 0 Å². The number of likely N-dealkylation sites (tertiary alicyclic amines) is 1. The first-order chi connectivity index (χ1) is 14.4. The molecule has 2 heterocycles. The number of aryl methyl sites for hydroxylation is 1. The molecule has 0 saturated carbocycles. The monoisotopic (exact) mass is 430 g/mol. The minimum Gasteiger partial charge on any atom is -0.342 e. The van der Waals surface area contributed by atoms with Gasteiger partial charge in [-0.15, -0.1) is 0 Å². The molecule has 1 N–H and O–H groups in total. The van der Waals surface area contributed by atoms with Crippen molar-refractivity contribution in [3.8, 4) is 0 Å². The van der Waals surface area contributed by atoms with Gasteiger partial charge in [0.25, 0.3) is 0 Å². The highest BCUT2D eigenvalue weighted by Crippen LogP contribution is 2.36. The van der Waals surface area contributed by atoms with Crippen molar-refractivity contribution < 1.29 is 9.59 Å². The van der Waals surface area contributed by atoms with E-state index in [4.69, 9.17) is 11.6 Å². The van der Waals surface area contributed by atoms with Gasteiger partial charge in [0.15, 0.2) is 0 Å². The lowest BCUT2D eigenvalue weighted by Gasteiger charge is -2.39. The van der Waals surface area contributed by atoms with E-state index in [2.05, 4.69) is 24.3 Å². The first-order valence-corrected chi connectivity index (χ1v) is 11.2. The van der Waals surface area contributed by atoms with E-state index in [9.17, 15) is 9.59 Å². The molecule has 7 heteroatoms. The molecule has 0 bridgehead atoms. The van der Waals surface area contributed by atoms with Gasteiger partial charge in [0.2, 0.25) is 11.8 Å². The lowest BCUT2D eigenvalue weighted by atomic mass is 9.74. The van der Waals surface area contributed by atoms with Crippen LogP contribution in [0.1, 0.15) is 52.0 Å². The summed E-state index contributed by atoms with van der Waals surface area (Å²) in [7, 11) is 0. The fraction of sp³-hybridized carbons (Fsp3) is 0.522. The smallest absolute Gasteiger partial charge is 0.233 e. The van der Waals surface area contributed by atoms with Crippen molar-refractivity contribution in [2.75, 3.05) is 18.4 Å². The van der Waals surface area contributed by atoms with Gasteiger partial charge in [-0.1, -0.05) is 37.6 Å². The van der Waals surface area contributed by atoms with E-state index in [0.717, 1.165) is 30.6 Å². The number of aromatic nitrogens is 2. The van der Waals surface area contributed by atoms with Gasteiger partial charge in [0.05, 0.1) is 17.3 Å². The lowest BCUT2D eigenvalue weighted by Crippen LogP contribution is -2.50. The predicted molar refractivity (Wildman–Crippen MR) is 120 cm³/mol. The molecule has 0 radical (unpaired) electrons. The van der Waals surface area contributed by atoms with Crippen LogP contribution in [0.2, 0.25) is 5.02 Å². The van der Waals surface area contributed by atoms with E-state index in [1.165, 1.54) is 0 Å². The Kier molecular flexibility index (Phi) is 7.19. The van der Waals surface area contributed by atoms with E-state index in [1.807, 2.05) is 42.3 Å². The summed E-state index contributed by atoms with van der Waals surface area (Å²) in [6, 6.07) is 7.62. The topological polar surface area (TPSA) is 67.2 Å². The fourth-order valence-electron chi connectivity index (χ4n) is 4.35. The number of hydrogen-bond acceptors (Lipinski definition) is 3. The summed E-state index contributed by atoms with van der Waals surface area (Å²) < 4.78 is 1.78. The van der Waals surface area contributed by atoms with E-state index < -0.39 is 5.41 Å². The van der Waals surface area contributed by atoms with Crippen LogP contribution < -0.4 is 5.32 Å². The van der Waals surface area contributed by atoms with Crippen molar-refractivity contribution in [3.05, 3.63) is 47.2 Å². The second-order valence-corrected chi connectivity index (χ2v) is 8.37. The Morgan fingerprint density at radius 1 is 1.13 bits per heavy atom. The average molecular weight is 431 g/mol. The number of anilines is 1. The summed E-state index contributed by atoms with van der Waals surface area (Å²) in [5.74, 6) is 0.0674. The number of nitrogens with one attached hydrogen (secondary N) is 1.